The van der Waals surface area contributed by atoms with Gasteiger partial charge in [0.15, 0.2) is 0 Å². The number of ether oxygens (including phenoxy) is 2. The molecule has 1 unspecified atom stereocenters. The Bertz CT molecular complexity index is 169. The largest absolute Gasteiger partial charge is 0.382 e. The van der Waals surface area contributed by atoms with Gasteiger partial charge in [0, 0.05) is 31.6 Å². The highest BCUT2D eigenvalue weighted by atomic mass is 79.9. The van der Waals surface area contributed by atoms with Gasteiger partial charge in [0.2, 0.25) is 0 Å². The molecule has 3 nitrogen and oxygen atoms in total. The van der Waals surface area contributed by atoms with Crippen LogP contribution in [0, 0.1) is 0 Å². The Morgan fingerprint density at radius 3 is 2.88 bits per heavy atom. The molecule has 0 aromatic rings. The van der Waals surface area contributed by atoms with Crippen LogP contribution in [0.15, 0.2) is 0 Å². The van der Waals surface area contributed by atoms with Gasteiger partial charge in [0.25, 0.3) is 0 Å². The number of nitrogens with zero attached hydrogens (tertiary/aromatic N) is 1. The first-order valence-corrected chi connectivity index (χ1v) is 7.37. The summed E-state index contributed by atoms with van der Waals surface area (Å²) >= 11 is 3.61. The molecule has 1 rings (SSSR count). The molecule has 1 aliphatic rings. The summed E-state index contributed by atoms with van der Waals surface area (Å²) in [5.74, 6) is 0. The molecule has 1 saturated heterocycles. The van der Waals surface area contributed by atoms with Crippen LogP contribution >= 0.6 is 15.9 Å². The zero-order chi connectivity index (χ0) is 11.6. The minimum atomic E-state index is 0.702. The predicted molar refractivity (Wildman–Crippen MR) is 70.3 cm³/mol. The monoisotopic (exact) mass is 293 g/mol. The molecule has 1 atom stereocenters. The van der Waals surface area contributed by atoms with Crippen molar-refractivity contribution in [2.45, 2.75) is 31.7 Å². The van der Waals surface area contributed by atoms with Crippen molar-refractivity contribution < 1.29 is 9.47 Å². The Labute approximate surface area is 108 Å². The van der Waals surface area contributed by atoms with Gasteiger partial charge in [-0.3, -0.25) is 4.90 Å². The lowest BCUT2D eigenvalue weighted by Crippen LogP contribution is -2.41. The number of piperidine rings is 1. The molecule has 0 radical (unpaired) electrons. The van der Waals surface area contributed by atoms with Crippen LogP contribution in [0.4, 0.5) is 0 Å². The number of halogens is 1. The van der Waals surface area contributed by atoms with Crippen LogP contribution in [0.3, 0.4) is 0 Å². The topological polar surface area (TPSA) is 21.7 Å². The van der Waals surface area contributed by atoms with E-state index < -0.39 is 0 Å². The first kappa shape index (κ1) is 14.4. The SMILES string of the molecule is COCCOCCCN1CCCCC1CBr. The van der Waals surface area contributed by atoms with Gasteiger partial charge >= 0.3 is 0 Å². The fraction of sp³-hybridized carbons (Fsp3) is 1.00. The highest BCUT2D eigenvalue weighted by molar-refractivity contribution is 9.09. The third-order valence-electron chi connectivity index (χ3n) is 3.09. The van der Waals surface area contributed by atoms with Crippen molar-refractivity contribution in [1.29, 1.82) is 0 Å². The van der Waals surface area contributed by atoms with Crippen LogP contribution in [0.2, 0.25) is 0 Å². The number of methoxy groups -OCH3 is 1. The van der Waals surface area contributed by atoms with Gasteiger partial charge in [-0.1, -0.05) is 22.4 Å². The third kappa shape index (κ3) is 5.62. The Morgan fingerprint density at radius 2 is 2.12 bits per heavy atom. The molecule has 16 heavy (non-hydrogen) atoms. The van der Waals surface area contributed by atoms with Crippen molar-refractivity contribution >= 4 is 15.9 Å². The third-order valence-corrected chi connectivity index (χ3v) is 3.84. The quantitative estimate of drug-likeness (QED) is 0.506. The van der Waals surface area contributed by atoms with Gasteiger partial charge < -0.3 is 9.47 Å². The van der Waals surface area contributed by atoms with Gasteiger partial charge in [0.1, 0.15) is 0 Å². The van der Waals surface area contributed by atoms with Crippen molar-refractivity contribution in [3.63, 3.8) is 0 Å². The number of hydrogen-bond donors (Lipinski definition) is 0. The van der Waals surface area contributed by atoms with Crippen LogP contribution in [0.1, 0.15) is 25.7 Å². The second kappa shape index (κ2) is 9.40. The van der Waals surface area contributed by atoms with E-state index in [9.17, 15) is 0 Å². The van der Waals surface area contributed by atoms with Crippen LogP contribution in [0.5, 0.6) is 0 Å². The van der Waals surface area contributed by atoms with Gasteiger partial charge in [0.05, 0.1) is 13.2 Å². The smallest absolute Gasteiger partial charge is 0.0700 e. The Kier molecular flexibility index (Phi) is 8.47. The maximum atomic E-state index is 5.47. The Hall–Kier alpha value is 0.360. The van der Waals surface area contributed by atoms with E-state index in [-0.39, 0.29) is 0 Å². The maximum absolute atomic E-state index is 5.47. The molecule has 1 aliphatic heterocycles. The molecular formula is C12H24BrNO2. The molecule has 0 saturated carbocycles. The number of hydrogen-bond acceptors (Lipinski definition) is 3. The van der Waals surface area contributed by atoms with Crippen LogP contribution in [-0.2, 0) is 9.47 Å². The highest BCUT2D eigenvalue weighted by Crippen LogP contribution is 2.18. The van der Waals surface area contributed by atoms with E-state index in [0.717, 1.165) is 31.0 Å². The fourth-order valence-electron chi connectivity index (χ4n) is 2.14. The van der Waals surface area contributed by atoms with E-state index in [2.05, 4.69) is 20.8 Å². The summed E-state index contributed by atoms with van der Waals surface area (Å²) in [5, 5.41) is 1.11. The van der Waals surface area contributed by atoms with Gasteiger partial charge in [-0.05, 0) is 25.8 Å². The summed E-state index contributed by atoms with van der Waals surface area (Å²) in [6.07, 6.45) is 5.22. The van der Waals surface area contributed by atoms with Crippen molar-refractivity contribution in [1.82, 2.24) is 4.90 Å². The van der Waals surface area contributed by atoms with Gasteiger partial charge in [-0.2, -0.15) is 0 Å². The minimum Gasteiger partial charge on any atom is -0.382 e. The maximum Gasteiger partial charge on any atom is 0.0700 e. The molecule has 0 aliphatic carbocycles. The zero-order valence-corrected chi connectivity index (χ0v) is 11.9. The number of likely N-dealkylation sites (tertiary alicyclic amines) is 1. The van der Waals surface area contributed by atoms with Gasteiger partial charge in [-0.25, -0.2) is 0 Å². The molecule has 1 fully saturated rings. The van der Waals surface area contributed by atoms with Crippen molar-refractivity contribution in [3.8, 4) is 0 Å². The van der Waals surface area contributed by atoms with Crippen LogP contribution in [0.25, 0.3) is 0 Å². The molecule has 0 spiro atoms. The number of rotatable bonds is 8. The lowest BCUT2D eigenvalue weighted by atomic mass is 10.0. The van der Waals surface area contributed by atoms with E-state index in [1.165, 1.54) is 32.4 Å². The minimum absolute atomic E-state index is 0.702. The summed E-state index contributed by atoms with van der Waals surface area (Å²) in [5.41, 5.74) is 0. The lowest BCUT2D eigenvalue weighted by Gasteiger charge is -2.34. The predicted octanol–water partition coefficient (Wildman–Crippen LogP) is 2.29. The van der Waals surface area contributed by atoms with E-state index in [4.69, 9.17) is 9.47 Å². The highest BCUT2D eigenvalue weighted by Gasteiger charge is 2.20. The summed E-state index contributed by atoms with van der Waals surface area (Å²) in [4.78, 5) is 2.60. The van der Waals surface area contributed by atoms with Crippen molar-refractivity contribution in [2.24, 2.45) is 0 Å². The Balaban J connectivity index is 2.02. The average Bonchev–Trinajstić information content (AvgIpc) is 2.34. The fourth-order valence-corrected chi connectivity index (χ4v) is 2.88. The van der Waals surface area contributed by atoms with Crippen molar-refractivity contribution in [2.75, 3.05) is 45.4 Å². The first-order valence-electron chi connectivity index (χ1n) is 6.25. The summed E-state index contributed by atoms with van der Waals surface area (Å²) < 4.78 is 10.4. The molecule has 0 aromatic carbocycles. The second-order valence-corrected chi connectivity index (χ2v) is 4.95. The lowest BCUT2D eigenvalue weighted by molar-refractivity contribution is 0.0609. The van der Waals surface area contributed by atoms with Crippen LogP contribution < -0.4 is 0 Å². The molecular weight excluding hydrogens is 270 g/mol. The average molecular weight is 294 g/mol. The van der Waals surface area contributed by atoms with Crippen LogP contribution in [-0.4, -0.2) is 56.3 Å². The zero-order valence-electron chi connectivity index (χ0n) is 10.3. The second-order valence-electron chi connectivity index (χ2n) is 4.30. The molecule has 4 heteroatoms. The summed E-state index contributed by atoms with van der Waals surface area (Å²) in [6, 6.07) is 0.743. The summed E-state index contributed by atoms with van der Waals surface area (Å²) in [7, 11) is 1.71. The van der Waals surface area contributed by atoms with E-state index >= 15 is 0 Å². The van der Waals surface area contributed by atoms with E-state index in [1.54, 1.807) is 7.11 Å². The standard InChI is InChI=1S/C12H24BrNO2/c1-15-9-10-16-8-4-7-14-6-3-2-5-12(14)11-13/h12H,2-11H2,1H3. The van der Waals surface area contributed by atoms with Gasteiger partial charge in [-0.15, -0.1) is 0 Å². The molecule has 0 aromatic heterocycles. The normalized spacial score (nSPS) is 22.5. The molecule has 0 N–H and O–H groups in total. The van der Waals surface area contributed by atoms with E-state index in [1.807, 2.05) is 0 Å². The molecule has 0 bridgehead atoms. The molecule has 96 valence electrons. The Morgan fingerprint density at radius 1 is 1.25 bits per heavy atom. The summed E-state index contributed by atoms with van der Waals surface area (Å²) in [6.45, 7) is 4.71. The van der Waals surface area contributed by atoms with E-state index in [0.29, 0.717) is 6.61 Å². The molecule has 1 heterocycles. The van der Waals surface area contributed by atoms with Crippen molar-refractivity contribution in [3.05, 3.63) is 0 Å². The number of alkyl halides is 1. The first-order chi connectivity index (χ1) is 7.88. The molecule has 0 amide bonds.